The normalized spacial score (nSPS) is 12.6. The van der Waals surface area contributed by atoms with Gasteiger partial charge in [0.1, 0.15) is 0 Å². The highest BCUT2D eigenvalue weighted by Gasteiger charge is 2.34. The van der Waals surface area contributed by atoms with Gasteiger partial charge in [-0.05, 0) is 43.2 Å². The van der Waals surface area contributed by atoms with Gasteiger partial charge in [-0.1, -0.05) is 24.6 Å². The summed E-state index contributed by atoms with van der Waals surface area (Å²) in [6, 6.07) is 15.6. The average molecular weight is 361 g/mol. The number of nitrogens with zero attached hydrogens (tertiary/aromatic N) is 2. The van der Waals surface area contributed by atoms with Crippen LogP contribution in [0.25, 0.3) is 0 Å². The summed E-state index contributed by atoms with van der Waals surface area (Å²) in [5.74, 6) is -0.609. The Morgan fingerprint density at radius 3 is 2.33 bits per heavy atom. The number of amides is 3. The summed E-state index contributed by atoms with van der Waals surface area (Å²) >= 11 is 0. The Bertz CT molecular complexity index is 895. The summed E-state index contributed by atoms with van der Waals surface area (Å²) in [4.78, 5) is 37.8. The first-order valence-corrected chi connectivity index (χ1v) is 8.85. The molecule has 0 unspecified atom stereocenters. The molecule has 1 heterocycles. The van der Waals surface area contributed by atoms with E-state index in [4.69, 9.17) is 5.26 Å². The van der Waals surface area contributed by atoms with Gasteiger partial charge in [0.15, 0.2) is 0 Å². The molecule has 1 aliphatic heterocycles. The molecule has 27 heavy (non-hydrogen) atoms. The van der Waals surface area contributed by atoms with Gasteiger partial charge in [0.25, 0.3) is 11.8 Å². The van der Waals surface area contributed by atoms with Crippen LogP contribution in [0.5, 0.6) is 0 Å². The van der Waals surface area contributed by atoms with Crippen molar-refractivity contribution < 1.29 is 14.4 Å². The Hall–Kier alpha value is -3.46. The third-order valence-electron chi connectivity index (χ3n) is 4.44. The predicted octanol–water partition coefficient (Wildman–Crippen LogP) is 3.35. The lowest BCUT2D eigenvalue weighted by atomic mass is 10.1. The second-order valence-electron chi connectivity index (χ2n) is 6.36. The second-order valence-corrected chi connectivity index (χ2v) is 6.36. The van der Waals surface area contributed by atoms with Crippen LogP contribution in [0.15, 0.2) is 48.5 Å². The molecule has 1 N–H and O–H groups in total. The first kappa shape index (κ1) is 18.3. The molecule has 0 atom stereocenters. The van der Waals surface area contributed by atoms with E-state index in [9.17, 15) is 14.4 Å². The molecule has 0 aromatic heterocycles. The van der Waals surface area contributed by atoms with Crippen LogP contribution in [0.3, 0.4) is 0 Å². The monoisotopic (exact) mass is 361 g/mol. The van der Waals surface area contributed by atoms with E-state index in [0.717, 1.165) is 6.42 Å². The fourth-order valence-corrected chi connectivity index (χ4v) is 3.06. The Morgan fingerprint density at radius 2 is 1.67 bits per heavy atom. The predicted molar refractivity (Wildman–Crippen MR) is 100 cm³/mol. The molecular weight excluding hydrogens is 342 g/mol. The Morgan fingerprint density at radius 1 is 0.963 bits per heavy atom. The van der Waals surface area contributed by atoms with Crippen molar-refractivity contribution in [2.75, 3.05) is 11.9 Å². The van der Waals surface area contributed by atoms with Crippen LogP contribution in [-0.4, -0.2) is 29.2 Å². The molecule has 2 aromatic carbocycles. The van der Waals surface area contributed by atoms with E-state index < -0.39 is 0 Å². The molecule has 0 bridgehead atoms. The van der Waals surface area contributed by atoms with Crippen molar-refractivity contribution in [3.63, 3.8) is 0 Å². The van der Waals surface area contributed by atoms with E-state index in [-0.39, 0.29) is 17.7 Å². The van der Waals surface area contributed by atoms with Gasteiger partial charge >= 0.3 is 0 Å². The van der Waals surface area contributed by atoms with Gasteiger partial charge in [0.2, 0.25) is 5.91 Å². The van der Waals surface area contributed by atoms with Gasteiger partial charge in [0, 0.05) is 18.7 Å². The van der Waals surface area contributed by atoms with Crippen LogP contribution in [0, 0.1) is 11.3 Å². The van der Waals surface area contributed by atoms with E-state index >= 15 is 0 Å². The van der Waals surface area contributed by atoms with E-state index in [1.165, 1.54) is 4.90 Å². The Labute approximate surface area is 157 Å². The summed E-state index contributed by atoms with van der Waals surface area (Å²) in [7, 11) is 0. The highest BCUT2D eigenvalue weighted by molar-refractivity contribution is 6.21. The van der Waals surface area contributed by atoms with Crippen molar-refractivity contribution in [3.8, 4) is 6.07 Å². The lowest BCUT2D eigenvalue weighted by molar-refractivity contribution is -0.116. The minimum absolute atomic E-state index is 0.120. The number of benzene rings is 2. The SMILES string of the molecule is N#Cc1cccc(NC(=O)CCCCCN2C(=O)c3ccccc3C2=O)c1. The molecule has 0 saturated heterocycles. The topological polar surface area (TPSA) is 90.3 Å². The zero-order valence-electron chi connectivity index (χ0n) is 14.8. The molecule has 136 valence electrons. The molecule has 2 aromatic rings. The van der Waals surface area contributed by atoms with Crippen LogP contribution in [0.4, 0.5) is 5.69 Å². The average Bonchev–Trinajstić information content (AvgIpc) is 2.93. The molecular formula is C21H19N3O3. The maximum Gasteiger partial charge on any atom is 0.261 e. The lowest BCUT2D eigenvalue weighted by Crippen LogP contribution is -2.30. The van der Waals surface area contributed by atoms with Crippen molar-refractivity contribution >= 4 is 23.4 Å². The van der Waals surface area contributed by atoms with Crippen molar-refractivity contribution in [2.45, 2.75) is 25.7 Å². The van der Waals surface area contributed by atoms with E-state index in [1.807, 2.05) is 6.07 Å². The van der Waals surface area contributed by atoms with E-state index in [0.29, 0.717) is 48.2 Å². The number of hydrogen-bond acceptors (Lipinski definition) is 4. The number of rotatable bonds is 7. The highest BCUT2D eigenvalue weighted by atomic mass is 16.2. The maximum absolute atomic E-state index is 12.3. The largest absolute Gasteiger partial charge is 0.326 e. The highest BCUT2D eigenvalue weighted by Crippen LogP contribution is 2.22. The molecule has 1 aliphatic rings. The minimum Gasteiger partial charge on any atom is -0.326 e. The summed E-state index contributed by atoms with van der Waals surface area (Å²) in [5, 5.41) is 11.6. The molecule has 6 nitrogen and oxygen atoms in total. The molecule has 3 rings (SSSR count). The summed E-state index contributed by atoms with van der Waals surface area (Å²) in [5.41, 5.74) is 2.02. The number of imide groups is 1. The van der Waals surface area contributed by atoms with Crippen LogP contribution in [-0.2, 0) is 4.79 Å². The molecule has 0 spiro atoms. The number of anilines is 1. The number of carbonyl (C=O) groups excluding carboxylic acids is 3. The number of nitriles is 1. The maximum atomic E-state index is 12.3. The van der Waals surface area contributed by atoms with Gasteiger partial charge in [-0.2, -0.15) is 5.26 Å². The van der Waals surface area contributed by atoms with Crippen molar-refractivity contribution in [3.05, 3.63) is 65.2 Å². The van der Waals surface area contributed by atoms with E-state index in [2.05, 4.69) is 5.32 Å². The number of carbonyl (C=O) groups is 3. The molecule has 0 aliphatic carbocycles. The summed E-state index contributed by atoms with van der Waals surface area (Å²) in [6.45, 7) is 0.359. The third-order valence-corrected chi connectivity index (χ3v) is 4.44. The van der Waals surface area contributed by atoms with Crippen LogP contribution < -0.4 is 5.32 Å². The number of nitrogens with one attached hydrogen (secondary N) is 1. The fraction of sp³-hybridized carbons (Fsp3) is 0.238. The lowest BCUT2D eigenvalue weighted by Gasteiger charge is -2.13. The van der Waals surface area contributed by atoms with Gasteiger partial charge in [-0.25, -0.2) is 0 Å². The third kappa shape index (κ3) is 4.21. The first-order valence-electron chi connectivity index (χ1n) is 8.85. The van der Waals surface area contributed by atoms with Crippen molar-refractivity contribution in [1.82, 2.24) is 4.90 Å². The van der Waals surface area contributed by atoms with Crippen molar-refractivity contribution in [2.24, 2.45) is 0 Å². The summed E-state index contributed by atoms with van der Waals surface area (Å²) < 4.78 is 0. The van der Waals surface area contributed by atoms with Gasteiger partial charge in [-0.3, -0.25) is 19.3 Å². The molecule has 0 radical (unpaired) electrons. The van der Waals surface area contributed by atoms with Crippen LogP contribution in [0.1, 0.15) is 52.0 Å². The first-order chi connectivity index (χ1) is 13.1. The second kappa shape index (κ2) is 8.28. The smallest absolute Gasteiger partial charge is 0.261 e. The fourth-order valence-electron chi connectivity index (χ4n) is 3.06. The minimum atomic E-state index is -0.245. The molecule has 0 fully saturated rings. The van der Waals surface area contributed by atoms with Crippen LogP contribution in [0.2, 0.25) is 0 Å². The summed E-state index contributed by atoms with van der Waals surface area (Å²) in [6.07, 6.45) is 2.40. The number of unbranched alkanes of at least 4 members (excludes halogenated alkanes) is 2. The number of fused-ring (bicyclic) bond motifs is 1. The standard InChI is InChI=1S/C21H19N3O3/c22-14-15-7-6-8-16(13-15)23-19(25)11-2-1-5-12-24-20(26)17-9-3-4-10-18(17)21(24)27/h3-4,6-10,13H,1-2,5,11-12H2,(H,23,25). The molecule has 6 heteroatoms. The van der Waals surface area contributed by atoms with Gasteiger partial charge < -0.3 is 5.32 Å². The van der Waals surface area contributed by atoms with E-state index in [1.54, 1.807) is 48.5 Å². The van der Waals surface area contributed by atoms with Gasteiger partial charge in [0.05, 0.1) is 22.8 Å². The quantitative estimate of drug-likeness (QED) is 0.605. The van der Waals surface area contributed by atoms with Crippen LogP contribution >= 0.6 is 0 Å². The Kier molecular flexibility index (Phi) is 5.62. The zero-order chi connectivity index (χ0) is 19.2. The molecule has 3 amide bonds. The number of hydrogen-bond donors (Lipinski definition) is 1. The Balaban J connectivity index is 1.40. The van der Waals surface area contributed by atoms with Crippen molar-refractivity contribution in [1.29, 1.82) is 5.26 Å². The molecule has 0 saturated carbocycles. The zero-order valence-corrected chi connectivity index (χ0v) is 14.8. The van der Waals surface area contributed by atoms with Gasteiger partial charge in [-0.15, -0.1) is 0 Å².